The van der Waals surface area contributed by atoms with Crippen LogP contribution in [0.5, 0.6) is 0 Å². The average Bonchev–Trinajstić information content (AvgIpc) is 2.21. The molecule has 0 bridgehead atoms. The molecule has 2 N–H and O–H groups in total. The molecule has 0 aromatic heterocycles. The molecule has 0 aliphatic heterocycles. The van der Waals surface area contributed by atoms with Crippen molar-refractivity contribution >= 4 is 5.97 Å². The normalized spacial score (nSPS) is 34.7. The summed E-state index contributed by atoms with van der Waals surface area (Å²) in [5.74, 6) is 0.147. The highest BCUT2D eigenvalue weighted by molar-refractivity contribution is 5.90. The lowest BCUT2D eigenvalue weighted by molar-refractivity contribution is -0.139. The van der Waals surface area contributed by atoms with Crippen molar-refractivity contribution < 1.29 is 9.53 Å². The van der Waals surface area contributed by atoms with Gasteiger partial charge < -0.3 is 10.5 Å². The first-order chi connectivity index (χ1) is 8.35. The third-order valence-corrected chi connectivity index (χ3v) is 4.86. The molecule has 0 radical (unpaired) electrons. The Morgan fingerprint density at radius 3 is 2.16 bits per heavy atom. The lowest BCUT2D eigenvalue weighted by atomic mass is 9.51. The molecular weight excluding hydrogens is 238 g/mol. The second-order valence-corrected chi connectivity index (χ2v) is 7.80. The van der Waals surface area contributed by atoms with Gasteiger partial charge in [-0.25, -0.2) is 4.79 Å². The van der Waals surface area contributed by atoms with Crippen LogP contribution in [-0.4, -0.2) is 18.6 Å². The molecule has 110 valence electrons. The summed E-state index contributed by atoms with van der Waals surface area (Å²) in [7, 11) is 1.43. The average molecular weight is 267 g/mol. The fourth-order valence-electron chi connectivity index (χ4n) is 3.87. The number of carbonyl (C=O) groups is 1. The molecular formula is C16H29NO2. The minimum Gasteiger partial charge on any atom is -0.466 e. The Morgan fingerprint density at radius 1 is 1.32 bits per heavy atom. The van der Waals surface area contributed by atoms with Gasteiger partial charge >= 0.3 is 5.97 Å². The summed E-state index contributed by atoms with van der Waals surface area (Å²) in [6.45, 7) is 15.1. The van der Waals surface area contributed by atoms with Crippen molar-refractivity contribution in [2.75, 3.05) is 7.11 Å². The van der Waals surface area contributed by atoms with Crippen LogP contribution in [0.25, 0.3) is 0 Å². The summed E-state index contributed by atoms with van der Waals surface area (Å²) in [5, 5.41) is 0. The Balaban J connectivity index is 3.50. The van der Waals surface area contributed by atoms with Crippen LogP contribution in [0, 0.1) is 22.7 Å². The molecule has 0 saturated heterocycles. The van der Waals surface area contributed by atoms with Crippen molar-refractivity contribution in [1.82, 2.24) is 0 Å². The van der Waals surface area contributed by atoms with E-state index in [1.807, 2.05) is 13.0 Å². The fraction of sp³-hybridized carbons (Fsp3) is 0.812. The zero-order chi connectivity index (χ0) is 15.2. The van der Waals surface area contributed by atoms with Crippen LogP contribution in [0.15, 0.2) is 11.6 Å². The minimum absolute atomic E-state index is 0.0196. The number of esters is 1. The minimum atomic E-state index is -0.491. The van der Waals surface area contributed by atoms with Crippen LogP contribution < -0.4 is 5.73 Å². The molecule has 3 nitrogen and oxygen atoms in total. The third kappa shape index (κ3) is 2.71. The number of rotatable bonds is 1. The van der Waals surface area contributed by atoms with Crippen molar-refractivity contribution in [1.29, 1.82) is 0 Å². The number of carbonyl (C=O) groups excluding carboxylic acids is 1. The van der Waals surface area contributed by atoms with Crippen LogP contribution in [-0.2, 0) is 9.53 Å². The zero-order valence-corrected chi connectivity index (χ0v) is 13.6. The molecule has 0 spiro atoms. The molecule has 0 fully saturated rings. The van der Waals surface area contributed by atoms with Crippen molar-refractivity contribution in [2.45, 2.75) is 54.0 Å². The van der Waals surface area contributed by atoms with E-state index in [4.69, 9.17) is 10.5 Å². The quantitative estimate of drug-likeness (QED) is 0.743. The van der Waals surface area contributed by atoms with E-state index in [1.54, 1.807) is 0 Å². The molecule has 3 unspecified atom stereocenters. The summed E-state index contributed by atoms with van der Waals surface area (Å²) >= 11 is 0. The Kier molecular flexibility index (Phi) is 3.95. The van der Waals surface area contributed by atoms with Crippen molar-refractivity contribution in [3.8, 4) is 0 Å². The molecule has 0 amide bonds. The summed E-state index contributed by atoms with van der Waals surface area (Å²) < 4.78 is 4.97. The molecule has 1 rings (SSSR count). The van der Waals surface area contributed by atoms with E-state index in [1.165, 1.54) is 7.11 Å². The van der Waals surface area contributed by atoms with Gasteiger partial charge in [0.1, 0.15) is 0 Å². The highest BCUT2D eigenvalue weighted by Crippen LogP contribution is 2.54. The van der Waals surface area contributed by atoms with Crippen LogP contribution in [0.2, 0.25) is 0 Å². The monoisotopic (exact) mass is 267 g/mol. The van der Waals surface area contributed by atoms with Gasteiger partial charge in [0.15, 0.2) is 0 Å². The number of methoxy groups -OCH3 is 1. The Hall–Kier alpha value is -0.830. The number of ether oxygens (including phenoxy) is 1. The first-order valence-electron chi connectivity index (χ1n) is 6.95. The Morgan fingerprint density at radius 2 is 1.79 bits per heavy atom. The van der Waals surface area contributed by atoms with E-state index < -0.39 is 5.54 Å². The van der Waals surface area contributed by atoms with Gasteiger partial charge in [0.25, 0.3) is 0 Å². The zero-order valence-electron chi connectivity index (χ0n) is 13.6. The maximum absolute atomic E-state index is 12.2. The second kappa shape index (κ2) is 4.62. The Labute approximate surface area is 117 Å². The maximum Gasteiger partial charge on any atom is 0.333 e. The highest BCUT2D eigenvalue weighted by Gasteiger charge is 2.53. The standard InChI is InChI=1S/C16H29NO2/c1-10-15(5,6)12(14(2,3)4)11(13(18)19-8)9-16(10,7)17/h9-10,12H,17H2,1-8H3. The van der Waals surface area contributed by atoms with Crippen LogP contribution >= 0.6 is 0 Å². The number of hydrogen-bond donors (Lipinski definition) is 1. The molecule has 1 aliphatic carbocycles. The topological polar surface area (TPSA) is 52.3 Å². The van der Waals surface area contributed by atoms with Gasteiger partial charge in [-0.2, -0.15) is 0 Å². The SMILES string of the molecule is COC(=O)C1=CC(C)(N)C(C)C(C)(C)C1C(C)(C)C. The molecule has 0 saturated carbocycles. The highest BCUT2D eigenvalue weighted by atomic mass is 16.5. The summed E-state index contributed by atoms with van der Waals surface area (Å²) in [5.41, 5.74) is 6.55. The van der Waals surface area contributed by atoms with E-state index in [0.717, 1.165) is 5.57 Å². The van der Waals surface area contributed by atoms with Gasteiger partial charge in [-0.3, -0.25) is 0 Å². The molecule has 19 heavy (non-hydrogen) atoms. The van der Waals surface area contributed by atoms with Crippen LogP contribution in [0.4, 0.5) is 0 Å². The predicted molar refractivity (Wildman–Crippen MR) is 78.6 cm³/mol. The largest absolute Gasteiger partial charge is 0.466 e. The smallest absolute Gasteiger partial charge is 0.333 e. The first kappa shape index (κ1) is 16.2. The lowest BCUT2D eigenvalue weighted by Crippen LogP contribution is -2.57. The summed E-state index contributed by atoms with van der Waals surface area (Å²) in [6.07, 6.45) is 1.92. The third-order valence-electron chi connectivity index (χ3n) is 4.86. The summed E-state index contributed by atoms with van der Waals surface area (Å²) in [4.78, 5) is 12.2. The molecule has 0 heterocycles. The second-order valence-electron chi connectivity index (χ2n) is 7.80. The maximum atomic E-state index is 12.2. The number of hydrogen-bond acceptors (Lipinski definition) is 3. The van der Waals surface area contributed by atoms with E-state index in [-0.39, 0.29) is 28.6 Å². The van der Waals surface area contributed by atoms with Gasteiger partial charge in [-0.15, -0.1) is 0 Å². The molecule has 0 aromatic rings. The molecule has 0 aromatic carbocycles. The molecule has 3 atom stereocenters. The molecule has 1 aliphatic rings. The van der Waals surface area contributed by atoms with Gasteiger partial charge in [0, 0.05) is 17.0 Å². The van der Waals surface area contributed by atoms with Gasteiger partial charge in [0.2, 0.25) is 0 Å². The van der Waals surface area contributed by atoms with E-state index in [9.17, 15) is 4.79 Å². The van der Waals surface area contributed by atoms with Gasteiger partial charge in [0.05, 0.1) is 7.11 Å². The first-order valence-corrected chi connectivity index (χ1v) is 6.95. The molecule has 3 heteroatoms. The number of nitrogens with two attached hydrogens (primary N) is 1. The lowest BCUT2D eigenvalue weighted by Gasteiger charge is -2.54. The Bertz CT molecular complexity index is 399. The van der Waals surface area contributed by atoms with Crippen molar-refractivity contribution in [3.63, 3.8) is 0 Å². The van der Waals surface area contributed by atoms with Crippen LogP contribution in [0.3, 0.4) is 0 Å². The van der Waals surface area contributed by atoms with Crippen LogP contribution in [0.1, 0.15) is 48.5 Å². The fourth-order valence-corrected chi connectivity index (χ4v) is 3.87. The summed E-state index contributed by atoms with van der Waals surface area (Å²) in [6, 6.07) is 0. The predicted octanol–water partition coefficient (Wildman–Crippen LogP) is 3.14. The van der Waals surface area contributed by atoms with E-state index in [0.29, 0.717) is 0 Å². The van der Waals surface area contributed by atoms with E-state index in [2.05, 4.69) is 41.5 Å². The van der Waals surface area contributed by atoms with Crippen molar-refractivity contribution in [2.24, 2.45) is 28.4 Å². The van der Waals surface area contributed by atoms with Crippen molar-refractivity contribution in [3.05, 3.63) is 11.6 Å². The van der Waals surface area contributed by atoms with Gasteiger partial charge in [-0.05, 0) is 23.7 Å². The van der Waals surface area contributed by atoms with E-state index >= 15 is 0 Å². The van der Waals surface area contributed by atoms with Gasteiger partial charge in [-0.1, -0.05) is 47.6 Å².